The molecule has 0 saturated carbocycles. The van der Waals surface area contributed by atoms with Gasteiger partial charge in [-0.2, -0.15) is 0 Å². The Morgan fingerprint density at radius 1 is 1.38 bits per heavy atom. The third-order valence-corrected chi connectivity index (χ3v) is 2.49. The summed E-state index contributed by atoms with van der Waals surface area (Å²) in [5.41, 5.74) is 6.83. The summed E-state index contributed by atoms with van der Waals surface area (Å²) in [6, 6.07) is 8.25. The number of benzene rings is 1. The van der Waals surface area contributed by atoms with E-state index >= 15 is 0 Å². The molecule has 2 rings (SSSR count). The smallest absolute Gasteiger partial charge is 0.122 e. The SMILES string of the molecule is NCC[C@@H]1CCc2ccccc2O1. The number of para-hydroxylation sites is 1. The van der Waals surface area contributed by atoms with Crippen LogP contribution in [0.1, 0.15) is 18.4 Å². The molecule has 0 unspecified atom stereocenters. The highest BCUT2D eigenvalue weighted by Gasteiger charge is 2.17. The summed E-state index contributed by atoms with van der Waals surface area (Å²) in [6.07, 6.45) is 3.53. The van der Waals surface area contributed by atoms with E-state index in [0.29, 0.717) is 12.6 Å². The van der Waals surface area contributed by atoms with Gasteiger partial charge in [-0.3, -0.25) is 0 Å². The monoisotopic (exact) mass is 177 g/mol. The zero-order valence-electron chi connectivity index (χ0n) is 7.70. The first kappa shape index (κ1) is 8.57. The lowest BCUT2D eigenvalue weighted by molar-refractivity contribution is 0.166. The molecule has 1 aliphatic rings. The average molecular weight is 177 g/mol. The van der Waals surface area contributed by atoms with E-state index in [1.807, 2.05) is 12.1 Å². The maximum atomic E-state index is 5.79. The van der Waals surface area contributed by atoms with Crippen molar-refractivity contribution in [3.63, 3.8) is 0 Å². The number of aryl methyl sites for hydroxylation is 1. The highest BCUT2D eigenvalue weighted by Crippen LogP contribution is 2.27. The molecule has 2 nitrogen and oxygen atoms in total. The molecule has 0 amide bonds. The summed E-state index contributed by atoms with van der Waals surface area (Å²) in [4.78, 5) is 0. The molecule has 0 bridgehead atoms. The Morgan fingerprint density at radius 2 is 2.23 bits per heavy atom. The molecule has 0 aromatic heterocycles. The summed E-state index contributed by atoms with van der Waals surface area (Å²) >= 11 is 0. The van der Waals surface area contributed by atoms with Gasteiger partial charge in [-0.15, -0.1) is 0 Å². The van der Waals surface area contributed by atoms with Crippen LogP contribution in [0.5, 0.6) is 5.75 Å². The average Bonchev–Trinajstić information content (AvgIpc) is 2.18. The Labute approximate surface area is 78.7 Å². The fourth-order valence-corrected chi connectivity index (χ4v) is 1.77. The second kappa shape index (κ2) is 3.79. The van der Waals surface area contributed by atoms with Gasteiger partial charge in [-0.1, -0.05) is 18.2 Å². The first-order chi connectivity index (χ1) is 6.40. The van der Waals surface area contributed by atoms with Crippen molar-refractivity contribution in [3.8, 4) is 5.75 Å². The Morgan fingerprint density at radius 3 is 3.08 bits per heavy atom. The van der Waals surface area contributed by atoms with E-state index < -0.39 is 0 Å². The largest absolute Gasteiger partial charge is 0.490 e. The van der Waals surface area contributed by atoms with Crippen molar-refractivity contribution in [1.29, 1.82) is 0 Å². The molecule has 1 heterocycles. The van der Waals surface area contributed by atoms with E-state index in [0.717, 1.165) is 25.0 Å². The Kier molecular flexibility index (Phi) is 2.50. The van der Waals surface area contributed by atoms with Gasteiger partial charge in [0.2, 0.25) is 0 Å². The van der Waals surface area contributed by atoms with Gasteiger partial charge in [-0.05, 0) is 37.4 Å². The van der Waals surface area contributed by atoms with Crippen LogP contribution in [0.15, 0.2) is 24.3 Å². The second-order valence-corrected chi connectivity index (χ2v) is 3.46. The zero-order valence-corrected chi connectivity index (χ0v) is 7.70. The molecule has 1 atom stereocenters. The lowest BCUT2D eigenvalue weighted by atomic mass is 10.0. The standard InChI is InChI=1S/C11H15NO/c12-8-7-10-6-5-9-3-1-2-4-11(9)13-10/h1-4,10H,5-8,12H2/t10-/m0/s1. The topological polar surface area (TPSA) is 35.2 Å². The molecule has 2 heteroatoms. The van der Waals surface area contributed by atoms with Gasteiger partial charge in [-0.25, -0.2) is 0 Å². The van der Waals surface area contributed by atoms with E-state index in [4.69, 9.17) is 10.5 Å². The number of ether oxygens (including phenoxy) is 1. The van der Waals surface area contributed by atoms with Gasteiger partial charge in [0, 0.05) is 0 Å². The summed E-state index contributed by atoms with van der Waals surface area (Å²) < 4.78 is 5.79. The van der Waals surface area contributed by atoms with Crippen molar-refractivity contribution in [2.24, 2.45) is 5.73 Å². The van der Waals surface area contributed by atoms with E-state index in [1.165, 1.54) is 5.56 Å². The predicted octanol–water partition coefficient (Wildman–Crippen LogP) is 1.73. The number of hydrogen-bond donors (Lipinski definition) is 1. The number of rotatable bonds is 2. The molecule has 0 fully saturated rings. The fourth-order valence-electron chi connectivity index (χ4n) is 1.77. The van der Waals surface area contributed by atoms with E-state index in [1.54, 1.807) is 0 Å². The number of fused-ring (bicyclic) bond motifs is 1. The van der Waals surface area contributed by atoms with Crippen LogP contribution < -0.4 is 10.5 Å². The highest BCUT2D eigenvalue weighted by atomic mass is 16.5. The van der Waals surface area contributed by atoms with Crippen molar-refractivity contribution < 1.29 is 4.74 Å². The van der Waals surface area contributed by atoms with Gasteiger partial charge in [0.1, 0.15) is 11.9 Å². The number of nitrogens with two attached hydrogens (primary N) is 1. The minimum Gasteiger partial charge on any atom is -0.490 e. The zero-order chi connectivity index (χ0) is 9.10. The van der Waals surface area contributed by atoms with Gasteiger partial charge in [0.15, 0.2) is 0 Å². The van der Waals surface area contributed by atoms with Gasteiger partial charge in [0.05, 0.1) is 0 Å². The van der Waals surface area contributed by atoms with Gasteiger partial charge >= 0.3 is 0 Å². The van der Waals surface area contributed by atoms with Crippen LogP contribution in [0.2, 0.25) is 0 Å². The third-order valence-electron chi connectivity index (χ3n) is 2.49. The molecule has 70 valence electrons. The lowest BCUT2D eigenvalue weighted by Crippen LogP contribution is -2.25. The molecule has 13 heavy (non-hydrogen) atoms. The molecule has 1 aliphatic heterocycles. The van der Waals surface area contributed by atoms with Gasteiger partial charge < -0.3 is 10.5 Å². The van der Waals surface area contributed by atoms with E-state index in [-0.39, 0.29) is 0 Å². The molecular weight excluding hydrogens is 162 g/mol. The minimum atomic E-state index is 0.333. The Bertz CT molecular complexity index is 285. The third kappa shape index (κ3) is 1.83. The van der Waals surface area contributed by atoms with E-state index in [2.05, 4.69) is 12.1 Å². The van der Waals surface area contributed by atoms with Crippen LogP contribution in [-0.2, 0) is 6.42 Å². The molecule has 0 radical (unpaired) electrons. The van der Waals surface area contributed by atoms with Crippen molar-refractivity contribution in [3.05, 3.63) is 29.8 Å². The predicted molar refractivity (Wildman–Crippen MR) is 52.9 cm³/mol. The summed E-state index contributed by atoms with van der Waals surface area (Å²) in [7, 11) is 0. The first-order valence-corrected chi connectivity index (χ1v) is 4.85. The van der Waals surface area contributed by atoms with Crippen LogP contribution in [0.25, 0.3) is 0 Å². The van der Waals surface area contributed by atoms with Crippen LogP contribution in [-0.4, -0.2) is 12.6 Å². The first-order valence-electron chi connectivity index (χ1n) is 4.85. The van der Waals surface area contributed by atoms with Crippen molar-refractivity contribution in [1.82, 2.24) is 0 Å². The van der Waals surface area contributed by atoms with E-state index in [9.17, 15) is 0 Å². The quantitative estimate of drug-likeness (QED) is 0.746. The maximum absolute atomic E-state index is 5.79. The molecule has 0 spiro atoms. The molecule has 0 saturated heterocycles. The van der Waals surface area contributed by atoms with Crippen LogP contribution in [0.3, 0.4) is 0 Å². The molecule has 1 aromatic carbocycles. The fraction of sp³-hybridized carbons (Fsp3) is 0.455. The van der Waals surface area contributed by atoms with Crippen molar-refractivity contribution in [2.75, 3.05) is 6.54 Å². The maximum Gasteiger partial charge on any atom is 0.122 e. The summed E-state index contributed by atoms with van der Waals surface area (Å²) in [5.74, 6) is 1.05. The highest BCUT2D eigenvalue weighted by molar-refractivity contribution is 5.35. The molecular formula is C11H15NO. The van der Waals surface area contributed by atoms with Crippen molar-refractivity contribution in [2.45, 2.75) is 25.4 Å². The normalized spacial score (nSPS) is 20.5. The lowest BCUT2D eigenvalue weighted by Gasteiger charge is -2.25. The number of hydrogen-bond acceptors (Lipinski definition) is 2. The molecule has 0 aliphatic carbocycles. The van der Waals surface area contributed by atoms with Gasteiger partial charge in [0.25, 0.3) is 0 Å². The summed E-state index contributed by atoms with van der Waals surface area (Å²) in [5, 5.41) is 0. The van der Waals surface area contributed by atoms with Crippen LogP contribution in [0.4, 0.5) is 0 Å². The molecule has 1 aromatic rings. The summed E-state index contributed by atoms with van der Waals surface area (Å²) in [6.45, 7) is 0.715. The Hall–Kier alpha value is -1.02. The van der Waals surface area contributed by atoms with Crippen molar-refractivity contribution >= 4 is 0 Å². The Balaban J connectivity index is 2.11. The second-order valence-electron chi connectivity index (χ2n) is 3.46. The molecule has 2 N–H and O–H groups in total. The minimum absolute atomic E-state index is 0.333. The van der Waals surface area contributed by atoms with Crippen LogP contribution in [0, 0.1) is 0 Å². The van der Waals surface area contributed by atoms with Crippen LogP contribution >= 0.6 is 0 Å².